The molecule has 0 aliphatic heterocycles. The SMILES string of the molecule is COC(=O)c1scc(C)c1S(=O)(=O)Nc1nccc(Cl)n1. The number of nitrogens with zero attached hydrogens (tertiary/aromatic N) is 2. The number of ether oxygens (including phenoxy) is 1. The first-order valence-corrected chi connectivity index (χ1v) is 8.27. The first-order valence-electron chi connectivity index (χ1n) is 5.53. The molecule has 0 atom stereocenters. The number of aromatic nitrogens is 2. The number of aryl methyl sites for hydroxylation is 1. The molecule has 2 rings (SSSR count). The number of sulfonamides is 1. The number of hydrogen-bond acceptors (Lipinski definition) is 7. The van der Waals surface area contributed by atoms with Gasteiger partial charge >= 0.3 is 5.97 Å². The lowest BCUT2D eigenvalue weighted by atomic mass is 10.3. The maximum atomic E-state index is 12.4. The van der Waals surface area contributed by atoms with E-state index in [1.807, 2.05) is 0 Å². The van der Waals surface area contributed by atoms with Crippen LogP contribution in [0.25, 0.3) is 0 Å². The fourth-order valence-corrected chi connectivity index (χ4v) is 4.35. The van der Waals surface area contributed by atoms with E-state index in [1.165, 1.54) is 19.4 Å². The maximum Gasteiger partial charge on any atom is 0.349 e. The highest BCUT2D eigenvalue weighted by molar-refractivity contribution is 7.93. The molecule has 0 radical (unpaired) electrons. The highest BCUT2D eigenvalue weighted by Crippen LogP contribution is 2.28. The van der Waals surface area contributed by atoms with Gasteiger partial charge in [0.2, 0.25) is 5.95 Å². The van der Waals surface area contributed by atoms with Crippen LogP contribution in [0.4, 0.5) is 5.95 Å². The summed E-state index contributed by atoms with van der Waals surface area (Å²) in [5, 5.41) is 1.65. The van der Waals surface area contributed by atoms with E-state index < -0.39 is 16.0 Å². The molecule has 10 heteroatoms. The average molecular weight is 348 g/mol. The molecule has 7 nitrogen and oxygen atoms in total. The number of anilines is 1. The Morgan fingerprint density at radius 3 is 2.81 bits per heavy atom. The summed E-state index contributed by atoms with van der Waals surface area (Å²) in [6.07, 6.45) is 1.31. The molecule has 0 aromatic carbocycles. The van der Waals surface area contributed by atoms with E-state index in [-0.39, 0.29) is 20.9 Å². The second-order valence-corrected chi connectivity index (χ2v) is 6.76. The quantitative estimate of drug-likeness (QED) is 0.671. The van der Waals surface area contributed by atoms with E-state index in [4.69, 9.17) is 11.6 Å². The van der Waals surface area contributed by atoms with E-state index in [0.717, 1.165) is 11.3 Å². The van der Waals surface area contributed by atoms with Crippen LogP contribution in [0.3, 0.4) is 0 Å². The van der Waals surface area contributed by atoms with Gasteiger partial charge < -0.3 is 4.74 Å². The van der Waals surface area contributed by atoms with Crippen molar-refractivity contribution in [3.05, 3.63) is 33.2 Å². The highest BCUT2D eigenvalue weighted by Gasteiger charge is 2.28. The molecule has 0 saturated carbocycles. The normalized spacial score (nSPS) is 11.2. The van der Waals surface area contributed by atoms with Crippen LogP contribution < -0.4 is 4.72 Å². The lowest BCUT2D eigenvalue weighted by Crippen LogP contribution is -2.18. The molecule has 0 fully saturated rings. The number of nitrogens with one attached hydrogen (secondary N) is 1. The fraction of sp³-hybridized carbons (Fsp3) is 0.182. The number of esters is 1. The molecule has 2 heterocycles. The zero-order chi connectivity index (χ0) is 15.6. The first kappa shape index (κ1) is 15.7. The van der Waals surface area contributed by atoms with E-state index in [0.29, 0.717) is 5.56 Å². The summed E-state index contributed by atoms with van der Waals surface area (Å²) < 4.78 is 31.6. The topological polar surface area (TPSA) is 98.2 Å². The van der Waals surface area contributed by atoms with Crippen molar-refractivity contribution in [2.45, 2.75) is 11.8 Å². The van der Waals surface area contributed by atoms with Gasteiger partial charge in [-0.3, -0.25) is 0 Å². The van der Waals surface area contributed by atoms with Crippen LogP contribution in [0, 0.1) is 6.92 Å². The molecule has 0 aliphatic carbocycles. The van der Waals surface area contributed by atoms with Gasteiger partial charge in [0, 0.05) is 6.20 Å². The average Bonchev–Trinajstić information content (AvgIpc) is 2.80. The van der Waals surface area contributed by atoms with Gasteiger partial charge in [-0.15, -0.1) is 11.3 Å². The van der Waals surface area contributed by atoms with E-state index in [2.05, 4.69) is 19.4 Å². The number of carbonyl (C=O) groups excluding carboxylic acids is 1. The molecule has 0 aliphatic rings. The smallest absolute Gasteiger partial charge is 0.349 e. The van der Waals surface area contributed by atoms with E-state index in [9.17, 15) is 13.2 Å². The predicted molar refractivity (Wildman–Crippen MR) is 78.2 cm³/mol. The summed E-state index contributed by atoms with van der Waals surface area (Å²) >= 11 is 6.66. The summed E-state index contributed by atoms with van der Waals surface area (Å²) in [6.45, 7) is 1.58. The molecule has 0 amide bonds. The molecule has 0 spiro atoms. The molecule has 1 N–H and O–H groups in total. The third-order valence-electron chi connectivity index (χ3n) is 2.40. The fourth-order valence-electron chi connectivity index (χ4n) is 1.56. The Hall–Kier alpha value is -1.71. The lowest BCUT2D eigenvalue weighted by molar-refractivity contribution is 0.0602. The zero-order valence-corrected chi connectivity index (χ0v) is 13.3. The molecular weight excluding hydrogens is 338 g/mol. The zero-order valence-electron chi connectivity index (χ0n) is 11.0. The molecule has 0 saturated heterocycles. The highest BCUT2D eigenvalue weighted by atomic mass is 35.5. The molecule has 0 unspecified atom stereocenters. The Kier molecular flexibility index (Phi) is 4.45. The van der Waals surface area contributed by atoms with Crippen LogP contribution in [-0.2, 0) is 14.8 Å². The molecule has 21 heavy (non-hydrogen) atoms. The Balaban J connectivity index is 2.45. The van der Waals surface area contributed by atoms with Gasteiger partial charge in [0.15, 0.2) is 0 Å². The van der Waals surface area contributed by atoms with Crippen LogP contribution in [-0.4, -0.2) is 31.5 Å². The second kappa shape index (κ2) is 5.96. The summed E-state index contributed by atoms with van der Waals surface area (Å²) in [6, 6.07) is 1.41. The third-order valence-corrected chi connectivity index (χ3v) is 5.34. The molecule has 2 aromatic rings. The van der Waals surface area contributed by atoms with Crippen LogP contribution in [0.15, 0.2) is 22.5 Å². The standard InChI is InChI=1S/C11H10ClN3O4S2/c1-6-5-20-8(10(16)19-2)9(6)21(17,18)15-11-13-4-3-7(12)14-11/h3-5H,1-2H3,(H,13,14,15). The summed E-state index contributed by atoms with van der Waals surface area (Å²) in [5.74, 6) is -0.899. The maximum absolute atomic E-state index is 12.4. The second-order valence-electron chi connectivity index (χ2n) is 3.88. The Morgan fingerprint density at radius 1 is 1.48 bits per heavy atom. The van der Waals surface area contributed by atoms with Crippen molar-refractivity contribution in [3.63, 3.8) is 0 Å². The van der Waals surface area contributed by atoms with Gasteiger partial charge in [-0.05, 0) is 23.9 Å². The van der Waals surface area contributed by atoms with Gasteiger partial charge in [-0.2, -0.15) is 0 Å². The summed E-state index contributed by atoms with van der Waals surface area (Å²) in [4.78, 5) is 19.0. The minimum Gasteiger partial charge on any atom is -0.465 e. The number of hydrogen-bond donors (Lipinski definition) is 1. The number of carbonyl (C=O) groups is 1. The summed E-state index contributed by atoms with van der Waals surface area (Å²) in [7, 11) is -2.85. The van der Waals surface area contributed by atoms with Crippen molar-refractivity contribution in [1.82, 2.24) is 9.97 Å². The van der Waals surface area contributed by atoms with Crippen molar-refractivity contribution in [3.8, 4) is 0 Å². The largest absolute Gasteiger partial charge is 0.465 e. The minimum atomic E-state index is -4.03. The van der Waals surface area contributed by atoms with Crippen LogP contribution in [0.5, 0.6) is 0 Å². The van der Waals surface area contributed by atoms with Crippen molar-refractivity contribution in [2.75, 3.05) is 11.8 Å². The van der Waals surface area contributed by atoms with Crippen LogP contribution in [0.1, 0.15) is 15.2 Å². The van der Waals surface area contributed by atoms with Crippen LogP contribution in [0.2, 0.25) is 5.15 Å². The Morgan fingerprint density at radius 2 is 2.19 bits per heavy atom. The number of halogens is 1. The van der Waals surface area contributed by atoms with Gasteiger partial charge in [-0.1, -0.05) is 11.6 Å². The van der Waals surface area contributed by atoms with Crippen molar-refractivity contribution < 1.29 is 17.9 Å². The molecule has 2 aromatic heterocycles. The minimum absolute atomic E-state index is 0.00970. The third kappa shape index (κ3) is 3.31. The van der Waals surface area contributed by atoms with E-state index in [1.54, 1.807) is 12.3 Å². The Labute approximate surface area is 130 Å². The monoisotopic (exact) mass is 347 g/mol. The van der Waals surface area contributed by atoms with Crippen molar-refractivity contribution >= 4 is 44.9 Å². The molecule has 112 valence electrons. The van der Waals surface area contributed by atoms with Crippen molar-refractivity contribution in [1.29, 1.82) is 0 Å². The number of thiophene rings is 1. The lowest BCUT2D eigenvalue weighted by Gasteiger charge is -2.08. The van der Waals surface area contributed by atoms with Gasteiger partial charge in [0.05, 0.1) is 7.11 Å². The van der Waals surface area contributed by atoms with Gasteiger partial charge in [0.25, 0.3) is 10.0 Å². The number of rotatable bonds is 4. The summed E-state index contributed by atoms with van der Waals surface area (Å²) in [5.41, 5.74) is 0.426. The van der Waals surface area contributed by atoms with Gasteiger partial charge in [0.1, 0.15) is 14.9 Å². The van der Waals surface area contributed by atoms with Gasteiger partial charge in [-0.25, -0.2) is 27.9 Å². The predicted octanol–water partition coefficient (Wildman–Crippen LogP) is 2.09. The van der Waals surface area contributed by atoms with E-state index >= 15 is 0 Å². The van der Waals surface area contributed by atoms with Crippen LogP contribution >= 0.6 is 22.9 Å². The first-order chi connectivity index (χ1) is 9.85. The molecular formula is C11H10ClN3O4S2. The molecule has 0 bridgehead atoms. The Bertz CT molecular complexity index is 789. The van der Waals surface area contributed by atoms with Crippen molar-refractivity contribution in [2.24, 2.45) is 0 Å². The number of methoxy groups -OCH3 is 1.